The number of hydrogen-bond donors (Lipinski definition) is 3. The topological polar surface area (TPSA) is 77.8 Å². The third-order valence-corrected chi connectivity index (χ3v) is 1.84. The van der Waals surface area contributed by atoms with Crippen molar-refractivity contribution in [3.05, 3.63) is 0 Å². The first-order chi connectivity index (χ1) is 3.42. The van der Waals surface area contributed by atoms with Gasteiger partial charge in [0.2, 0.25) is 0 Å². The van der Waals surface area contributed by atoms with E-state index >= 15 is 0 Å². The molecule has 0 saturated carbocycles. The van der Waals surface area contributed by atoms with E-state index in [4.69, 9.17) is 14.9 Å². The normalized spacial score (nSPS) is 11.2. The molecule has 0 aliphatic rings. The molecule has 0 spiro atoms. The summed E-state index contributed by atoms with van der Waals surface area (Å²) >= 11 is 1.99. The first-order valence-electron chi connectivity index (χ1n) is 1.68. The fourth-order valence-electron chi connectivity index (χ4n) is 0.176. The van der Waals surface area contributed by atoms with Gasteiger partial charge in [0, 0.05) is 0 Å². The zero-order chi connectivity index (χ0) is 6.78. The Morgan fingerprint density at radius 3 is 2.00 bits per heavy atom. The van der Waals surface area contributed by atoms with Crippen LogP contribution in [0.2, 0.25) is 0 Å². The standard InChI is InChI=1S/C2H5O4PSe/c3-2(4)1-7(5,6)8/h1H2,(H,3,4)(H2,5,6,8). The van der Waals surface area contributed by atoms with Gasteiger partial charge < -0.3 is 0 Å². The van der Waals surface area contributed by atoms with Crippen molar-refractivity contribution in [2.45, 2.75) is 0 Å². The van der Waals surface area contributed by atoms with Gasteiger partial charge in [0.25, 0.3) is 0 Å². The average molecular weight is 203 g/mol. The molecule has 8 heavy (non-hydrogen) atoms. The minimum absolute atomic E-state index is 0.590. The van der Waals surface area contributed by atoms with Crippen LogP contribution < -0.4 is 0 Å². The molecule has 0 aromatic heterocycles. The van der Waals surface area contributed by atoms with Crippen LogP contribution in [0.1, 0.15) is 0 Å². The van der Waals surface area contributed by atoms with Crippen molar-refractivity contribution in [3.63, 3.8) is 0 Å². The van der Waals surface area contributed by atoms with E-state index < -0.39 is 18.1 Å². The summed E-state index contributed by atoms with van der Waals surface area (Å²) in [7, 11) is 0. The summed E-state index contributed by atoms with van der Waals surface area (Å²) < 4.78 is 0. The van der Waals surface area contributed by atoms with Gasteiger partial charge in [0.05, 0.1) is 0 Å². The van der Waals surface area contributed by atoms with E-state index in [1.807, 2.05) is 15.1 Å². The van der Waals surface area contributed by atoms with Crippen LogP contribution in [0.5, 0.6) is 0 Å². The number of hydrogen-bond acceptors (Lipinski definition) is 3. The molecule has 0 amide bonds. The van der Waals surface area contributed by atoms with E-state index in [-0.39, 0.29) is 0 Å². The Hall–Kier alpha value is 0.339. The molecule has 48 valence electrons. The van der Waals surface area contributed by atoms with Crippen molar-refractivity contribution in [2.75, 3.05) is 6.16 Å². The maximum absolute atomic E-state index is 9.70. The van der Waals surface area contributed by atoms with E-state index in [2.05, 4.69) is 0 Å². The Balaban J connectivity index is 3.74. The average Bonchev–Trinajstić information content (AvgIpc) is 1.21. The van der Waals surface area contributed by atoms with Gasteiger partial charge >= 0.3 is 52.9 Å². The van der Waals surface area contributed by atoms with E-state index in [1.165, 1.54) is 0 Å². The zero-order valence-corrected chi connectivity index (χ0v) is 6.42. The van der Waals surface area contributed by atoms with E-state index in [9.17, 15) is 4.79 Å². The Morgan fingerprint density at radius 1 is 1.62 bits per heavy atom. The van der Waals surface area contributed by atoms with Crippen LogP contribution in [0, 0.1) is 0 Å². The molecule has 0 aliphatic carbocycles. The van der Waals surface area contributed by atoms with Gasteiger partial charge in [-0.1, -0.05) is 0 Å². The Kier molecular flexibility index (Phi) is 2.88. The number of carbonyl (C=O) groups is 1. The van der Waals surface area contributed by atoms with Gasteiger partial charge in [0.1, 0.15) is 0 Å². The van der Waals surface area contributed by atoms with Crippen molar-refractivity contribution in [1.82, 2.24) is 0 Å². The predicted molar refractivity (Wildman–Crippen MR) is 29.6 cm³/mol. The van der Waals surface area contributed by atoms with Crippen molar-refractivity contribution in [2.24, 2.45) is 0 Å². The number of carboxylic acids is 1. The quantitative estimate of drug-likeness (QED) is 0.396. The first-order valence-corrected chi connectivity index (χ1v) is 5.78. The summed E-state index contributed by atoms with van der Waals surface area (Å²) in [5.41, 5.74) is 0. The Morgan fingerprint density at radius 2 is 2.00 bits per heavy atom. The van der Waals surface area contributed by atoms with Crippen LogP contribution in [0.15, 0.2) is 0 Å². The summed E-state index contributed by atoms with van der Waals surface area (Å²) in [4.78, 5) is 26.5. The number of carboxylic acid groups (broad SMARTS) is 1. The summed E-state index contributed by atoms with van der Waals surface area (Å²) in [6.07, 6.45) is -0.590. The molecule has 0 bridgehead atoms. The molecule has 4 nitrogen and oxygen atoms in total. The van der Waals surface area contributed by atoms with E-state index in [1.54, 1.807) is 0 Å². The summed E-state index contributed by atoms with van der Waals surface area (Å²) in [6, 6.07) is 0. The molecular formula is C2H5O4PSe. The van der Waals surface area contributed by atoms with Gasteiger partial charge in [-0.25, -0.2) is 0 Å². The van der Waals surface area contributed by atoms with Crippen molar-refractivity contribution >= 4 is 27.0 Å². The van der Waals surface area contributed by atoms with Crippen LogP contribution in [0.4, 0.5) is 0 Å². The zero-order valence-electron chi connectivity index (χ0n) is 3.81. The SMILES string of the molecule is O=C(O)CP(O)(O)=[Se]. The predicted octanol–water partition coefficient (Wildman–Crippen LogP) is -1.01. The van der Waals surface area contributed by atoms with Crippen LogP contribution in [-0.4, -0.2) is 42.1 Å². The van der Waals surface area contributed by atoms with Crippen LogP contribution in [-0.2, 0) is 4.79 Å². The van der Waals surface area contributed by atoms with Crippen molar-refractivity contribution in [1.29, 1.82) is 0 Å². The molecule has 0 heterocycles. The summed E-state index contributed by atoms with van der Waals surface area (Å²) in [6.45, 7) is 0. The first kappa shape index (κ1) is 8.34. The minimum atomic E-state index is -3.20. The van der Waals surface area contributed by atoms with Gasteiger partial charge in [0.15, 0.2) is 0 Å². The third kappa shape index (κ3) is 6.34. The molecule has 0 radical (unpaired) electrons. The molecule has 0 atom stereocenters. The second-order valence-electron chi connectivity index (χ2n) is 1.22. The molecule has 0 rings (SSSR count). The summed E-state index contributed by atoms with van der Waals surface area (Å²) in [5.74, 6) is -4.40. The molecule has 3 N–H and O–H groups in total. The maximum atomic E-state index is 9.70. The van der Waals surface area contributed by atoms with Gasteiger partial charge in [-0.3, -0.25) is 0 Å². The molecule has 0 aromatic rings. The van der Waals surface area contributed by atoms with Gasteiger partial charge in [-0.15, -0.1) is 0 Å². The van der Waals surface area contributed by atoms with E-state index in [0.717, 1.165) is 0 Å². The van der Waals surface area contributed by atoms with E-state index in [0.29, 0.717) is 0 Å². The van der Waals surface area contributed by atoms with Crippen LogP contribution in [0.3, 0.4) is 0 Å². The molecular weight excluding hydrogens is 198 g/mol. The molecule has 0 unspecified atom stereocenters. The second-order valence-corrected chi connectivity index (χ2v) is 6.54. The monoisotopic (exact) mass is 204 g/mol. The Labute approximate surface area is 53.5 Å². The molecule has 0 aromatic carbocycles. The summed E-state index contributed by atoms with van der Waals surface area (Å²) in [5, 5.41) is 7.94. The number of aliphatic carboxylic acids is 1. The number of rotatable bonds is 2. The molecule has 0 saturated heterocycles. The van der Waals surface area contributed by atoms with Crippen molar-refractivity contribution < 1.29 is 19.7 Å². The van der Waals surface area contributed by atoms with Crippen LogP contribution >= 0.6 is 5.96 Å². The molecule has 0 aliphatic heterocycles. The molecule has 6 heteroatoms. The van der Waals surface area contributed by atoms with Crippen molar-refractivity contribution in [3.8, 4) is 0 Å². The Bertz CT molecular complexity index is 137. The second kappa shape index (κ2) is 2.76. The van der Waals surface area contributed by atoms with Gasteiger partial charge in [-0.05, 0) is 0 Å². The fourth-order valence-corrected chi connectivity index (χ4v) is 1.22. The third-order valence-electron chi connectivity index (χ3n) is 0.341. The fraction of sp³-hybridized carbons (Fsp3) is 0.500. The van der Waals surface area contributed by atoms with Gasteiger partial charge in [-0.2, -0.15) is 0 Å². The van der Waals surface area contributed by atoms with Crippen LogP contribution in [0.25, 0.3) is 0 Å². The molecule has 0 fully saturated rings.